The van der Waals surface area contributed by atoms with Gasteiger partial charge in [0, 0.05) is 6.42 Å². The molecule has 11 nitrogen and oxygen atoms in total. The van der Waals surface area contributed by atoms with Gasteiger partial charge >= 0.3 is 5.97 Å². The largest absolute Gasteiger partial charge is 0.480 e. The van der Waals surface area contributed by atoms with Crippen LogP contribution in [0.2, 0.25) is 0 Å². The van der Waals surface area contributed by atoms with E-state index in [1.807, 2.05) is 13.8 Å². The van der Waals surface area contributed by atoms with Gasteiger partial charge in [-0.05, 0) is 31.7 Å². The lowest BCUT2D eigenvalue weighted by Gasteiger charge is -2.27. The molecule has 6 atom stereocenters. The van der Waals surface area contributed by atoms with Gasteiger partial charge in [0.1, 0.15) is 24.2 Å². The van der Waals surface area contributed by atoms with Crippen LogP contribution in [0.25, 0.3) is 0 Å². The fourth-order valence-corrected chi connectivity index (χ4v) is 3.16. The van der Waals surface area contributed by atoms with E-state index in [4.69, 9.17) is 5.73 Å². The third-order valence-corrected chi connectivity index (χ3v) is 5.12. The molecule has 0 aromatic heterocycles. The minimum atomic E-state index is -1.47. The zero-order chi connectivity index (χ0) is 26.0. The van der Waals surface area contributed by atoms with E-state index >= 15 is 0 Å². The minimum absolute atomic E-state index is 0.00561. The molecule has 0 aliphatic rings. The normalized spacial score (nSPS) is 16.5. The molecule has 1 aromatic carbocycles. The van der Waals surface area contributed by atoms with Crippen molar-refractivity contribution in [3.05, 3.63) is 35.9 Å². The summed E-state index contributed by atoms with van der Waals surface area (Å²) < 4.78 is 0. The van der Waals surface area contributed by atoms with E-state index < -0.39 is 60.1 Å². The lowest BCUT2D eigenvalue weighted by molar-refractivity contribution is -0.143. The predicted octanol–water partition coefficient (Wildman–Crippen LogP) is -1.10. The molecule has 34 heavy (non-hydrogen) atoms. The zero-order valence-corrected chi connectivity index (χ0v) is 19.9. The van der Waals surface area contributed by atoms with Gasteiger partial charge in [-0.1, -0.05) is 44.2 Å². The molecule has 0 heterocycles. The van der Waals surface area contributed by atoms with Gasteiger partial charge < -0.3 is 37.0 Å². The highest BCUT2D eigenvalue weighted by Gasteiger charge is 2.33. The number of aliphatic hydroxyl groups is 2. The van der Waals surface area contributed by atoms with Crippen molar-refractivity contribution in [3.63, 3.8) is 0 Å². The SMILES string of the molecule is CC(C)CC(NC(=O)C(N)C(C)O)C(=O)NC(C(=O)NC(Cc1ccccc1)C(=O)O)C(C)O. The molecule has 0 radical (unpaired) electrons. The molecule has 0 saturated carbocycles. The molecule has 0 spiro atoms. The second-order valence-electron chi connectivity index (χ2n) is 8.77. The number of aliphatic hydroxyl groups excluding tert-OH is 2. The number of amides is 3. The first kappa shape index (κ1) is 29.0. The lowest BCUT2D eigenvalue weighted by Crippen LogP contribution is -2.60. The van der Waals surface area contributed by atoms with Crippen LogP contribution in [-0.4, -0.2) is 75.4 Å². The Morgan fingerprint density at radius 2 is 1.38 bits per heavy atom. The quantitative estimate of drug-likeness (QED) is 0.185. The smallest absolute Gasteiger partial charge is 0.326 e. The van der Waals surface area contributed by atoms with Crippen LogP contribution in [-0.2, 0) is 25.6 Å². The third-order valence-electron chi connectivity index (χ3n) is 5.12. The van der Waals surface area contributed by atoms with E-state index in [-0.39, 0.29) is 18.8 Å². The number of aliphatic carboxylic acids is 1. The predicted molar refractivity (Wildman–Crippen MR) is 124 cm³/mol. The highest BCUT2D eigenvalue weighted by molar-refractivity contribution is 5.94. The summed E-state index contributed by atoms with van der Waals surface area (Å²) in [4.78, 5) is 49.6. The summed E-state index contributed by atoms with van der Waals surface area (Å²) in [5.74, 6) is -3.69. The van der Waals surface area contributed by atoms with Crippen LogP contribution in [0.3, 0.4) is 0 Å². The molecule has 0 saturated heterocycles. The Balaban J connectivity index is 2.96. The minimum Gasteiger partial charge on any atom is -0.480 e. The zero-order valence-electron chi connectivity index (χ0n) is 19.9. The van der Waals surface area contributed by atoms with Crippen LogP contribution < -0.4 is 21.7 Å². The van der Waals surface area contributed by atoms with E-state index in [2.05, 4.69) is 16.0 Å². The number of carbonyl (C=O) groups is 4. The summed E-state index contributed by atoms with van der Waals surface area (Å²) >= 11 is 0. The van der Waals surface area contributed by atoms with Gasteiger partial charge in [-0.25, -0.2) is 4.79 Å². The van der Waals surface area contributed by atoms with Gasteiger partial charge in [0.2, 0.25) is 17.7 Å². The van der Waals surface area contributed by atoms with Gasteiger partial charge in [0.15, 0.2) is 0 Å². The van der Waals surface area contributed by atoms with Crippen molar-refractivity contribution in [2.75, 3.05) is 0 Å². The first-order chi connectivity index (χ1) is 15.8. The van der Waals surface area contributed by atoms with Crippen LogP contribution in [0.15, 0.2) is 30.3 Å². The number of nitrogens with one attached hydrogen (secondary N) is 3. The molecule has 1 rings (SSSR count). The van der Waals surface area contributed by atoms with E-state index in [1.165, 1.54) is 13.8 Å². The van der Waals surface area contributed by atoms with E-state index in [0.717, 1.165) is 0 Å². The van der Waals surface area contributed by atoms with Crippen LogP contribution in [0.5, 0.6) is 0 Å². The molecule has 0 fully saturated rings. The third kappa shape index (κ3) is 9.46. The van der Waals surface area contributed by atoms with Crippen molar-refractivity contribution in [1.82, 2.24) is 16.0 Å². The molecule has 190 valence electrons. The molecular formula is C23H36N4O7. The van der Waals surface area contributed by atoms with Crippen molar-refractivity contribution in [3.8, 4) is 0 Å². The maximum Gasteiger partial charge on any atom is 0.326 e. The molecule has 0 bridgehead atoms. The average molecular weight is 481 g/mol. The summed E-state index contributed by atoms with van der Waals surface area (Å²) in [6, 6.07) is 3.57. The second kappa shape index (κ2) is 13.6. The highest BCUT2D eigenvalue weighted by Crippen LogP contribution is 2.08. The van der Waals surface area contributed by atoms with Crippen LogP contribution in [0.4, 0.5) is 0 Å². The molecule has 11 heteroatoms. The standard InChI is InChI=1S/C23H36N4O7/c1-12(2)10-16(25-21(31)18(24)13(3)28)20(30)27-19(14(4)29)22(32)26-17(23(33)34)11-15-8-6-5-7-9-15/h5-9,12-14,16-19,28-29H,10-11,24H2,1-4H3,(H,25,31)(H,26,32)(H,27,30)(H,33,34). The van der Waals surface area contributed by atoms with E-state index in [9.17, 15) is 34.5 Å². The molecule has 8 N–H and O–H groups in total. The van der Waals surface area contributed by atoms with Gasteiger partial charge in [-0.15, -0.1) is 0 Å². The first-order valence-corrected chi connectivity index (χ1v) is 11.1. The fraction of sp³-hybridized carbons (Fsp3) is 0.565. The van der Waals surface area contributed by atoms with Crippen LogP contribution in [0, 0.1) is 5.92 Å². The van der Waals surface area contributed by atoms with Crippen LogP contribution >= 0.6 is 0 Å². The monoisotopic (exact) mass is 480 g/mol. The second-order valence-corrected chi connectivity index (χ2v) is 8.77. The van der Waals surface area contributed by atoms with Gasteiger partial charge in [0.25, 0.3) is 0 Å². The maximum atomic E-state index is 12.9. The number of rotatable bonds is 13. The molecule has 6 unspecified atom stereocenters. The van der Waals surface area contributed by atoms with Gasteiger partial charge in [0.05, 0.1) is 12.2 Å². The number of nitrogens with two attached hydrogens (primary N) is 1. The lowest BCUT2D eigenvalue weighted by atomic mass is 10.0. The summed E-state index contributed by atoms with van der Waals surface area (Å²) in [7, 11) is 0. The molecule has 3 amide bonds. The first-order valence-electron chi connectivity index (χ1n) is 11.1. The number of carbonyl (C=O) groups excluding carboxylic acids is 3. The number of carboxylic acid groups (broad SMARTS) is 1. The summed E-state index contributed by atoms with van der Waals surface area (Å²) in [6.07, 6.45) is -2.29. The molecule has 0 aliphatic heterocycles. The van der Waals surface area contributed by atoms with Crippen LogP contribution in [0.1, 0.15) is 39.7 Å². The molecule has 0 aliphatic carbocycles. The van der Waals surface area contributed by atoms with Crippen molar-refractivity contribution >= 4 is 23.7 Å². The molecular weight excluding hydrogens is 444 g/mol. The maximum absolute atomic E-state index is 12.9. The Morgan fingerprint density at radius 1 is 0.824 bits per heavy atom. The number of hydrogen-bond acceptors (Lipinski definition) is 7. The van der Waals surface area contributed by atoms with Crippen molar-refractivity contribution in [2.45, 2.75) is 76.9 Å². The summed E-state index contributed by atoms with van der Waals surface area (Å²) in [5.41, 5.74) is 6.31. The highest BCUT2D eigenvalue weighted by atomic mass is 16.4. The Bertz CT molecular complexity index is 830. The topological polar surface area (TPSA) is 191 Å². The number of hydrogen-bond donors (Lipinski definition) is 7. The molecule has 1 aromatic rings. The summed E-state index contributed by atoms with van der Waals surface area (Å²) in [5, 5.41) is 36.4. The van der Waals surface area contributed by atoms with Gasteiger partial charge in [-0.2, -0.15) is 0 Å². The Kier molecular flexibility index (Phi) is 11.6. The van der Waals surface area contributed by atoms with Crippen molar-refractivity contribution in [2.24, 2.45) is 11.7 Å². The Labute approximate surface area is 199 Å². The van der Waals surface area contributed by atoms with Crippen molar-refractivity contribution < 1.29 is 34.5 Å². The number of benzene rings is 1. The van der Waals surface area contributed by atoms with E-state index in [1.54, 1.807) is 30.3 Å². The summed E-state index contributed by atoms with van der Waals surface area (Å²) in [6.45, 7) is 6.25. The Hall–Kier alpha value is -3.02. The number of carboxylic acids is 1. The average Bonchev–Trinajstić information content (AvgIpc) is 2.75. The van der Waals surface area contributed by atoms with Crippen molar-refractivity contribution in [1.29, 1.82) is 0 Å². The van der Waals surface area contributed by atoms with E-state index in [0.29, 0.717) is 5.56 Å². The Morgan fingerprint density at radius 3 is 1.85 bits per heavy atom. The van der Waals surface area contributed by atoms with Gasteiger partial charge in [-0.3, -0.25) is 14.4 Å². The fourth-order valence-electron chi connectivity index (χ4n) is 3.16.